The minimum absolute atomic E-state index is 0.298. The fourth-order valence-corrected chi connectivity index (χ4v) is 1.82. The summed E-state index contributed by atoms with van der Waals surface area (Å²) in [4.78, 5) is 0. The average Bonchev–Trinajstić information content (AvgIpc) is 2.77. The lowest BCUT2D eigenvalue weighted by Gasteiger charge is -2.08. The number of ether oxygens (including phenoxy) is 3. The molecule has 0 atom stereocenters. The molecular formula is C12H17NO3. The predicted octanol–water partition coefficient (Wildman–Crippen LogP) is 1.71. The van der Waals surface area contributed by atoms with E-state index in [2.05, 4.69) is 0 Å². The van der Waals surface area contributed by atoms with Crippen LogP contribution < -0.4 is 19.9 Å². The van der Waals surface area contributed by atoms with Gasteiger partial charge >= 0.3 is 0 Å². The summed E-state index contributed by atoms with van der Waals surface area (Å²) in [5, 5.41) is 0. The molecule has 0 amide bonds. The van der Waals surface area contributed by atoms with Crippen molar-refractivity contribution in [1.82, 2.24) is 0 Å². The summed E-state index contributed by atoms with van der Waals surface area (Å²) < 4.78 is 16.0. The second kappa shape index (κ2) is 5.07. The second-order valence-corrected chi connectivity index (χ2v) is 3.77. The predicted molar refractivity (Wildman–Crippen MR) is 61.1 cm³/mol. The minimum Gasteiger partial charge on any atom is -0.497 e. The monoisotopic (exact) mass is 223 g/mol. The lowest BCUT2D eigenvalue weighted by Crippen LogP contribution is -2.00. The number of methoxy groups -OCH3 is 1. The van der Waals surface area contributed by atoms with Crippen molar-refractivity contribution in [2.45, 2.75) is 19.3 Å². The quantitative estimate of drug-likeness (QED) is 0.772. The van der Waals surface area contributed by atoms with Gasteiger partial charge in [-0.15, -0.1) is 0 Å². The topological polar surface area (TPSA) is 53.7 Å². The molecule has 0 aliphatic carbocycles. The number of rotatable bonds is 5. The molecule has 1 aliphatic rings. The Morgan fingerprint density at radius 1 is 1.31 bits per heavy atom. The van der Waals surface area contributed by atoms with Crippen LogP contribution in [0.15, 0.2) is 12.1 Å². The number of hydrogen-bond acceptors (Lipinski definition) is 4. The molecule has 2 rings (SSSR count). The highest BCUT2D eigenvalue weighted by molar-refractivity contribution is 5.53. The lowest BCUT2D eigenvalue weighted by atomic mass is 10.1. The van der Waals surface area contributed by atoms with Crippen LogP contribution in [0.1, 0.15) is 18.4 Å². The van der Waals surface area contributed by atoms with E-state index < -0.39 is 0 Å². The zero-order chi connectivity index (χ0) is 11.4. The van der Waals surface area contributed by atoms with Crippen LogP contribution in [0.5, 0.6) is 17.2 Å². The van der Waals surface area contributed by atoms with Gasteiger partial charge in [-0.25, -0.2) is 0 Å². The summed E-state index contributed by atoms with van der Waals surface area (Å²) in [5.41, 5.74) is 6.62. The van der Waals surface area contributed by atoms with Crippen molar-refractivity contribution in [3.05, 3.63) is 17.7 Å². The summed E-state index contributed by atoms with van der Waals surface area (Å²) in [5.74, 6) is 2.45. The molecule has 1 heterocycles. The van der Waals surface area contributed by atoms with E-state index in [0.717, 1.165) is 48.6 Å². The Kier molecular flexibility index (Phi) is 3.51. The van der Waals surface area contributed by atoms with Crippen LogP contribution in [0.3, 0.4) is 0 Å². The van der Waals surface area contributed by atoms with Crippen molar-refractivity contribution < 1.29 is 14.2 Å². The van der Waals surface area contributed by atoms with Crippen molar-refractivity contribution in [1.29, 1.82) is 0 Å². The Morgan fingerprint density at radius 3 is 2.94 bits per heavy atom. The summed E-state index contributed by atoms with van der Waals surface area (Å²) in [7, 11) is 1.65. The first-order valence-corrected chi connectivity index (χ1v) is 5.51. The van der Waals surface area contributed by atoms with Gasteiger partial charge in [0, 0.05) is 11.6 Å². The van der Waals surface area contributed by atoms with Gasteiger partial charge in [0.25, 0.3) is 0 Å². The van der Waals surface area contributed by atoms with Crippen LogP contribution in [0.4, 0.5) is 0 Å². The van der Waals surface area contributed by atoms with Crippen molar-refractivity contribution in [2.75, 3.05) is 20.4 Å². The Bertz CT molecular complexity index is 366. The van der Waals surface area contributed by atoms with Crippen LogP contribution in [-0.2, 0) is 6.42 Å². The van der Waals surface area contributed by atoms with E-state index in [9.17, 15) is 0 Å². The van der Waals surface area contributed by atoms with E-state index in [0.29, 0.717) is 6.79 Å². The summed E-state index contributed by atoms with van der Waals surface area (Å²) in [6.07, 6.45) is 3.02. The molecule has 4 nitrogen and oxygen atoms in total. The Morgan fingerprint density at radius 2 is 2.19 bits per heavy atom. The molecule has 0 saturated heterocycles. The van der Waals surface area contributed by atoms with Gasteiger partial charge < -0.3 is 19.9 Å². The van der Waals surface area contributed by atoms with Crippen LogP contribution >= 0.6 is 0 Å². The Labute approximate surface area is 95.3 Å². The van der Waals surface area contributed by atoms with Gasteiger partial charge in [-0.2, -0.15) is 0 Å². The molecule has 1 aromatic rings. The van der Waals surface area contributed by atoms with Crippen molar-refractivity contribution in [2.24, 2.45) is 5.73 Å². The van der Waals surface area contributed by atoms with Crippen molar-refractivity contribution in [3.63, 3.8) is 0 Å². The molecule has 0 fully saturated rings. The molecule has 1 aliphatic heterocycles. The third kappa shape index (κ3) is 2.22. The fourth-order valence-electron chi connectivity index (χ4n) is 1.82. The largest absolute Gasteiger partial charge is 0.497 e. The highest BCUT2D eigenvalue weighted by atomic mass is 16.7. The molecule has 4 heteroatoms. The van der Waals surface area contributed by atoms with Crippen LogP contribution in [-0.4, -0.2) is 20.4 Å². The van der Waals surface area contributed by atoms with Gasteiger partial charge in [0.2, 0.25) is 6.79 Å². The highest BCUT2D eigenvalue weighted by Crippen LogP contribution is 2.39. The lowest BCUT2D eigenvalue weighted by molar-refractivity contribution is 0.173. The molecular weight excluding hydrogens is 206 g/mol. The van der Waals surface area contributed by atoms with E-state index in [4.69, 9.17) is 19.9 Å². The standard InChI is InChI=1S/C12H17NO3/c1-14-10-6-9(4-2-3-5-13)12-11(7-10)15-8-16-12/h6-7H,2-5,8,13H2,1H3. The average molecular weight is 223 g/mol. The summed E-state index contributed by atoms with van der Waals surface area (Å²) in [6, 6.07) is 3.86. The fraction of sp³-hybridized carbons (Fsp3) is 0.500. The number of unbranched alkanes of at least 4 members (excludes halogenated alkanes) is 1. The first kappa shape index (κ1) is 11.1. The molecule has 0 unspecified atom stereocenters. The number of fused-ring (bicyclic) bond motifs is 1. The smallest absolute Gasteiger partial charge is 0.231 e. The summed E-state index contributed by atoms with van der Waals surface area (Å²) >= 11 is 0. The van der Waals surface area contributed by atoms with Gasteiger partial charge in [0.05, 0.1) is 7.11 Å². The SMILES string of the molecule is COc1cc(CCCCN)c2c(c1)OCO2. The van der Waals surface area contributed by atoms with Crippen LogP contribution in [0.25, 0.3) is 0 Å². The first-order chi connectivity index (χ1) is 7.85. The van der Waals surface area contributed by atoms with Gasteiger partial charge in [-0.05, 0) is 31.9 Å². The van der Waals surface area contributed by atoms with E-state index >= 15 is 0 Å². The highest BCUT2D eigenvalue weighted by Gasteiger charge is 2.19. The zero-order valence-corrected chi connectivity index (χ0v) is 9.49. The number of benzene rings is 1. The first-order valence-electron chi connectivity index (χ1n) is 5.51. The number of hydrogen-bond donors (Lipinski definition) is 1. The maximum Gasteiger partial charge on any atom is 0.231 e. The molecule has 88 valence electrons. The third-order valence-corrected chi connectivity index (χ3v) is 2.66. The number of nitrogens with two attached hydrogens (primary N) is 1. The van der Waals surface area contributed by atoms with Crippen LogP contribution in [0, 0.1) is 0 Å². The molecule has 16 heavy (non-hydrogen) atoms. The second-order valence-electron chi connectivity index (χ2n) is 3.77. The molecule has 0 spiro atoms. The molecule has 0 radical (unpaired) electrons. The van der Waals surface area contributed by atoms with E-state index in [1.165, 1.54) is 0 Å². The number of aryl methyl sites for hydroxylation is 1. The van der Waals surface area contributed by atoms with E-state index in [1.807, 2.05) is 12.1 Å². The molecule has 0 bridgehead atoms. The molecule has 0 saturated carbocycles. The zero-order valence-electron chi connectivity index (χ0n) is 9.49. The Hall–Kier alpha value is -1.42. The normalized spacial score (nSPS) is 12.9. The van der Waals surface area contributed by atoms with Gasteiger partial charge in [0.1, 0.15) is 5.75 Å². The molecule has 0 aromatic heterocycles. The maximum absolute atomic E-state index is 5.48. The van der Waals surface area contributed by atoms with E-state index in [-0.39, 0.29) is 0 Å². The minimum atomic E-state index is 0.298. The van der Waals surface area contributed by atoms with Crippen molar-refractivity contribution >= 4 is 0 Å². The molecule has 1 aromatic carbocycles. The Balaban J connectivity index is 2.18. The summed E-state index contributed by atoms with van der Waals surface area (Å²) in [6.45, 7) is 1.02. The maximum atomic E-state index is 5.48. The van der Waals surface area contributed by atoms with E-state index in [1.54, 1.807) is 7.11 Å². The third-order valence-electron chi connectivity index (χ3n) is 2.66. The van der Waals surface area contributed by atoms with Crippen LogP contribution in [0.2, 0.25) is 0 Å². The van der Waals surface area contributed by atoms with Gasteiger partial charge in [-0.3, -0.25) is 0 Å². The van der Waals surface area contributed by atoms with Gasteiger partial charge in [0.15, 0.2) is 11.5 Å². The van der Waals surface area contributed by atoms with Gasteiger partial charge in [-0.1, -0.05) is 0 Å². The van der Waals surface area contributed by atoms with Crippen molar-refractivity contribution in [3.8, 4) is 17.2 Å². The molecule has 2 N–H and O–H groups in total.